The third-order valence-corrected chi connectivity index (χ3v) is 5.47. The molecule has 32 heavy (non-hydrogen) atoms. The van der Waals surface area contributed by atoms with Crippen LogP contribution >= 0.6 is 11.6 Å². The molecule has 9 heteroatoms. The molecule has 1 unspecified atom stereocenters. The number of nitrogens with zero attached hydrogens (tertiary/aromatic N) is 5. The van der Waals surface area contributed by atoms with E-state index >= 15 is 0 Å². The van der Waals surface area contributed by atoms with Crippen molar-refractivity contribution in [2.75, 3.05) is 12.4 Å². The number of esters is 1. The first-order chi connectivity index (χ1) is 15.4. The molecule has 0 fully saturated rings. The molecule has 162 valence electrons. The van der Waals surface area contributed by atoms with E-state index in [0.29, 0.717) is 23.4 Å². The third kappa shape index (κ3) is 3.72. The topological polar surface area (TPSA) is 105 Å². The van der Waals surface area contributed by atoms with Crippen molar-refractivity contribution in [2.45, 2.75) is 33.2 Å². The van der Waals surface area contributed by atoms with Crippen molar-refractivity contribution in [3.63, 3.8) is 0 Å². The number of ether oxygens (including phenoxy) is 1. The molecular weight excluding hydrogens is 428 g/mol. The van der Waals surface area contributed by atoms with Gasteiger partial charge in [-0.1, -0.05) is 24.6 Å². The average molecular weight is 449 g/mol. The van der Waals surface area contributed by atoms with Crippen molar-refractivity contribution in [1.29, 1.82) is 5.26 Å². The number of aromatic nitrogens is 4. The third-order valence-electron chi connectivity index (χ3n) is 5.26. The second kappa shape index (κ2) is 8.44. The number of pyridine rings is 1. The summed E-state index contributed by atoms with van der Waals surface area (Å²) in [5.41, 5.74) is 4.41. The summed E-state index contributed by atoms with van der Waals surface area (Å²) in [5, 5.41) is 13.7. The van der Waals surface area contributed by atoms with Gasteiger partial charge in [0.25, 0.3) is 0 Å². The van der Waals surface area contributed by atoms with Crippen LogP contribution in [0.25, 0.3) is 16.6 Å². The van der Waals surface area contributed by atoms with E-state index in [1.165, 1.54) is 7.11 Å². The maximum Gasteiger partial charge on any atom is 0.358 e. The molecule has 0 amide bonds. The monoisotopic (exact) mass is 448 g/mol. The molecule has 0 bridgehead atoms. The number of carbonyl (C=O) groups excluding carboxylic acids is 1. The van der Waals surface area contributed by atoms with Crippen LogP contribution < -0.4 is 5.32 Å². The highest BCUT2D eigenvalue weighted by atomic mass is 35.5. The first-order valence-corrected chi connectivity index (χ1v) is 10.5. The molecule has 0 saturated heterocycles. The molecule has 1 aromatic carbocycles. The summed E-state index contributed by atoms with van der Waals surface area (Å²) in [6.45, 7) is 5.99. The Morgan fingerprint density at radius 1 is 1.31 bits per heavy atom. The van der Waals surface area contributed by atoms with E-state index in [9.17, 15) is 10.1 Å². The Labute approximate surface area is 189 Å². The van der Waals surface area contributed by atoms with Crippen LogP contribution in [0.1, 0.15) is 53.0 Å². The zero-order chi connectivity index (χ0) is 23.0. The predicted octanol–water partition coefficient (Wildman–Crippen LogP) is 4.63. The molecule has 3 aromatic heterocycles. The van der Waals surface area contributed by atoms with Crippen LogP contribution in [-0.2, 0) is 11.2 Å². The van der Waals surface area contributed by atoms with Crippen LogP contribution in [0.15, 0.2) is 30.5 Å². The smallest absolute Gasteiger partial charge is 0.358 e. The van der Waals surface area contributed by atoms with E-state index in [4.69, 9.17) is 21.3 Å². The molecular formula is C23H21ClN6O2. The van der Waals surface area contributed by atoms with Crippen molar-refractivity contribution in [2.24, 2.45) is 0 Å². The van der Waals surface area contributed by atoms with Gasteiger partial charge in [-0.3, -0.25) is 4.40 Å². The van der Waals surface area contributed by atoms with Crippen molar-refractivity contribution < 1.29 is 9.53 Å². The van der Waals surface area contributed by atoms with Gasteiger partial charge in [-0.05, 0) is 37.6 Å². The largest absolute Gasteiger partial charge is 0.464 e. The summed E-state index contributed by atoms with van der Waals surface area (Å²) in [6, 6.07) is 9.27. The Morgan fingerprint density at radius 2 is 2.09 bits per heavy atom. The normalized spacial score (nSPS) is 12.0. The Bertz CT molecular complexity index is 1410. The number of rotatable bonds is 5. The minimum atomic E-state index is -0.578. The zero-order valence-electron chi connectivity index (χ0n) is 18.1. The van der Waals surface area contributed by atoms with E-state index < -0.39 is 5.97 Å². The molecule has 0 aliphatic carbocycles. The van der Waals surface area contributed by atoms with E-state index in [1.807, 2.05) is 31.2 Å². The maximum atomic E-state index is 12.2. The number of imidazole rings is 1. The van der Waals surface area contributed by atoms with Crippen LogP contribution in [0.5, 0.6) is 0 Å². The summed E-state index contributed by atoms with van der Waals surface area (Å²) in [4.78, 5) is 25.7. The highest BCUT2D eigenvalue weighted by Gasteiger charge is 2.20. The number of methoxy groups -OCH3 is 1. The number of nitriles is 1. The lowest BCUT2D eigenvalue weighted by Crippen LogP contribution is -2.14. The lowest BCUT2D eigenvalue weighted by Gasteiger charge is -2.20. The van der Waals surface area contributed by atoms with Crippen molar-refractivity contribution in [3.05, 3.63) is 64.0 Å². The highest BCUT2D eigenvalue weighted by molar-refractivity contribution is 6.29. The van der Waals surface area contributed by atoms with Crippen LogP contribution in [0.3, 0.4) is 0 Å². The molecule has 0 aliphatic heterocycles. The number of halogens is 1. The minimum absolute atomic E-state index is 0.111. The summed E-state index contributed by atoms with van der Waals surface area (Å²) >= 11 is 5.98. The first kappa shape index (κ1) is 21.5. The second-order valence-corrected chi connectivity index (χ2v) is 7.84. The molecule has 1 N–H and O–H groups in total. The number of nitrogens with one attached hydrogen (secondary N) is 1. The summed E-state index contributed by atoms with van der Waals surface area (Å²) in [5.74, 6) is 0.230. The Kier molecular flexibility index (Phi) is 5.68. The molecule has 4 aromatic rings. The molecule has 8 nitrogen and oxygen atoms in total. The minimum Gasteiger partial charge on any atom is -0.464 e. The van der Waals surface area contributed by atoms with Gasteiger partial charge in [-0.2, -0.15) is 5.26 Å². The predicted molar refractivity (Wildman–Crippen MR) is 122 cm³/mol. The Balaban J connectivity index is 1.88. The second-order valence-electron chi connectivity index (χ2n) is 7.45. The van der Waals surface area contributed by atoms with Gasteiger partial charge in [0, 0.05) is 23.6 Å². The summed E-state index contributed by atoms with van der Waals surface area (Å²) in [6.07, 6.45) is 2.39. The van der Waals surface area contributed by atoms with Crippen LogP contribution in [-0.4, -0.2) is 32.4 Å². The average Bonchev–Trinajstić information content (AvgIpc) is 3.23. The van der Waals surface area contributed by atoms with Gasteiger partial charge in [0.2, 0.25) is 0 Å². The number of anilines is 1. The van der Waals surface area contributed by atoms with Crippen LogP contribution in [0.4, 0.5) is 5.69 Å². The van der Waals surface area contributed by atoms with Gasteiger partial charge in [0.1, 0.15) is 22.7 Å². The van der Waals surface area contributed by atoms with Crippen LogP contribution in [0.2, 0.25) is 5.15 Å². The van der Waals surface area contributed by atoms with Gasteiger partial charge in [0.15, 0.2) is 11.4 Å². The van der Waals surface area contributed by atoms with Crippen molar-refractivity contribution in [1.82, 2.24) is 19.4 Å². The van der Waals surface area contributed by atoms with Crippen molar-refractivity contribution in [3.8, 4) is 6.07 Å². The van der Waals surface area contributed by atoms with E-state index in [1.54, 1.807) is 18.3 Å². The molecule has 1 atom stereocenters. The Morgan fingerprint density at radius 3 is 2.78 bits per heavy atom. The van der Waals surface area contributed by atoms with Gasteiger partial charge in [0.05, 0.1) is 24.4 Å². The molecule has 0 saturated carbocycles. The number of benzene rings is 1. The summed E-state index contributed by atoms with van der Waals surface area (Å²) < 4.78 is 6.73. The maximum absolute atomic E-state index is 12.2. The van der Waals surface area contributed by atoms with E-state index in [2.05, 4.69) is 27.4 Å². The lowest BCUT2D eigenvalue weighted by atomic mass is 10.0. The lowest BCUT2D eigenvalue weighted by molar-refractivity contribution is 0.0595. The van der Waals surface area contributed by atoms with Gasteiger partial charge < -0.3 is 10.1 Å². The number of hydrogen-bond acceptors (Lipinski definition) is 7. The van der Waals surface area contributed by atoms with Gasteiger partial charge >= 0.3 is 5.97 Å². The SMILES string of the molecule is CCc1nc2c(C(C)Nc3ccc(Cl)nc3C(=O)OC)cc(C)cc2c2nc(C#N)cn12. The quantitative estimate of drug-likeness (QED) is 0.350. The molecule has 4 rings (SSSR count). The standard InChI is InChI=1S/C23H21ClN6O2/c1-5-19-29-20-15(8-12(2)9-16(20)22-27-14(10-25)11-30(19)22)13(3)26-17-6-7-18(24)28-21(17)23(31)32-4/h6-9,11,13,26H,5H2,1-4H3. The molecule has 0 aliphatic rings. The molecule has 3 heterocycles. The summed E-state index contributed by atoms with van der Waals surface area (Å²) in [7, 11) is 1.30. The fourth-order valence-corrected chi connectivity index (χ4v) is 3.95. The number of carbonyl (C=O) groups is 1. The fourth-order valence-electron chi connectivity index (χ4n) is 3.80. The van der Waals surface area contributed by atoms with E-state index in [0.717, 1.165) is 27.9 Å². The van der Waals surface area contributed by atoms with E-state index in [-0.39, 0.29) is 16.9 Å². The zero-order valence-corrected chi connectivity index (χ0v) is 18.9. The number of fused-ring (bicyclic) bond motifs is 3. The fraction of sp³-hybridized carbons (Fsp3) is 0.261. The highest BCUT2D eigenvalue weighted by Crippen LogP contribution is 2.31. The van der Waals surface area contributed by atoms with Crippen LogP contribution in [0, 0.1) is 18.3 Å². The van der Waals surface area contributed by atoms with Gasteiger partial charge in [-0.25, -0.2) is 19.7 Å². The Hall–Kier alpha value is -3.70. The van der Waals surface area contributed by atoms with Crippen molar-refractivity contribution >= 4 is 39.8 Å². The number of hydrogen-bond donors (Lipinski definition) is 1. The number of aryl methyl sites for hydroxylation is 2. The van der Waals surface area contributed by atoms with Gasteiger partial charge in [-0.15, -0.1) is 0 Å². The first-order valence-electron chi connectivity index (χ1n) is 10.1. The molecule has 0 radical (unpaired) electrons. The molecule has 0 spiro atoms.